The molecule has 5 nitrogen and oxygen atoms in total. The van der Waals surface area contributed by atoms with Crippen LogP contribution in [0, 0.1) is 0 Å². The fourth-order valence-corrected chi connectivity index (χ4v) is 1.72. The maximum Gasteiger partial charge on any atom is 0.272 e. The van der Waals surface area contributed by atoms with Crippen molar-refractivity contribution >= 4 is 11.4 Å². The number of hydrogen-bond acceptors (Lipinski definition) is 3. The maximum atomic E-state index is 11.9. The molecule has 0 fully saturated rings. The number of furan rings is 1. The Balaban J connectivity index is 1.75. The van der Waals surface area contributed by atoms with Gasteiger partial charge >= 0.3 is 0 Å². The van der Waals surface area contributed by atoms with Gasteiger partial charge in [-0.1, -0.05) is 6.07 Å². The molecule has 3 rings (SSSR count). The van der Waals surface area contributed by atoms with Gasteiger partial charge in [-0.15, -0.1) is 0 Å². The molecule has 5 heteroatoms. The molecule has 0 atom stereocenters. The molecule has 90 valence electrons. The van der Waals surface area contributed by atoms with Crippen LogP contribution in [0.2, 0.25) is 0 Å². The molecule has 0 spiro atoms. The first-order valence-corrected chi connectivity index (χ1v) is 5.58. The van der Waals surface area contributed by atoms with Gasteiger partial charge in [0.15, 0.2) is 5.69 Å². The summed E-state index contributed by atoms with van der Waals surface area (Å²) in [4.78, 5) is 11.9. The standard InChI is InChI=1S/C13H11N3O2/c17-13(14-9-11-5-3-7-18-11)12-8-10-4-1-2-6-16(10)15-12/h1-8H,9H2,(H,14,17). The van der Waals surface area contributed by atoms with Crippen LogP contribution in [-0.2, 0) is 6.54 Å². The van der Waals surface area contributed by atoms with Crippen molar-refractivity contribution in [3.8, 4) is 0 Å². The van der Waals surface area contributed by atoms with Gasteiger partial charge in [-0.05, 0) is 30.3 Å². The van der Waals surface area contributed by atoms with E-state index in [0.29, 0.717) is 18.0 Å². The largest absolute Gasteiger partial charge is 0.467 e. The second kappa shape index (κ2) is 4.37. The summed E-state index contributed by atoms with van der Waals surface area (Å²) in [5, 5.41) is 6.94. The van der Waals surface area contributed by atoms with E-state index in [0.717, 1.165) is 5.52 Å². The third-order valence-electron chi connectivity index (χ3n) is 2.61. The molecule has 3 aromatic rings. The number of amides is 1. The second-order valence-corrected chi connectivity index (χ2v) is 3.86. The topological polar surface area (TPSA) is 59.5 Å². The highest BCUT2D eigenvalue weighted by molar-refractivity contribution is 5.93. The van der Waals surface area contributed by atoms with Crippen molar-refractivity contribution in [3.63, 3.8) is 0 Å². The lowest BCUT2D eigenvalue weighted by molar-refractivity contribution is 0.0942. The molecule has 0 saturated carbocycles. The third-order valence-corrected chi connectivity index (χ3v) is 2.61. The number of carbonyl (C=O) groups is 1. The Kier molecular flexibility index (Phi) is 2.57. The lowest BCUT2D eigenvalue weighted by atomic mass is 10.3. The summed E-state index contributed by atoms with van der Waals surface area (Å²) in [6.07, 6.45) is 3.38. The van der Waals surface area contributed by atoms with Gasteiger partial charge < -0.3 is 9.73 Å². The van der Waals surface area contributed by atoms with E-state index in [1.165, 1.54) is 0 Å². The minimum atomic E-state index is -0.213. The Morgan fingerprint density at radius 2 is 2.28 bits per heavy atom. The van der Waals surface area contributed by atoms with Crippen molar-refractivity contribution < 1.29 is 9.21 Å². The Bertz CT molecular complexity index is 637. The molecule has 3 aromatic heterocycles. The zero-order chi connectivity index (χ0) is 12.4. The van der Waals surface area contributed by atoms with E-state index in [4.69, 9.17) is 4.42 Å². The summed E-state index contributed by atoms with van der Waals surface area (Å²) in [6.45, 7) is 0.361. The molecule has 0 radical (unpaired) electrons. The van der Waals surface area contributed by atoms with E-state index >= 15 is 0 Å². The van der Waals surface area contributed by atoms with Gasteiger partial charge in [-0.3, -0.25) is 4.79 Å². The van der Waals surface area contributed by atoms with E-state index in [2.05, 4.69) is 10.4 Å². The number of nitrogens with one attached hydrogen (secondary N) is 1. The van der Waals surface area contributed by atoms with Crippen molar-refractivity contribution in [3.05, 3.63) is 60.3 Å². The molecule has 0 unspecified atom stereocenters. The van der Waals surface area contributed by atoms with Gasteiger partial charge in [-0.25, -0.2) is 4.52 Å². The van der Waals surface area contributed by atoms with Crippen LogP contribution in [0.5, 0.6) is 0 Å². The Hall–Kier alpha value is -2.56. The number of pyridine rings is 1. The third kappa shape index (κ3) is 1.98. The summed E-state index contributed by atoms with van der Waals surface area (Å²) in [7, 11) is 0. The van der Waals surface area contributed by atoms with Crippen LogP contribution in [0.15, 0.2) is 53.3 Å². The Morgan fingerprint density at radius 1 is 1.33 bits per heavy atom. The van der Waals surface area contributed by atoms with E-state index < -0.39 is 0 Å². The molecule has 0 aliphatic rings. The molecule has 0 saturated heterocycles. The van der Waals surface area contributed by atoms with Crippen LogP contribution in [0.4, 0.5) is 0 Å². The molecule has 0 aromatic carbocycles. The van der Waals surface area contributed by atoms with Gasteiger partial charge in [0, 0.05) is 6.20 Å². The molecule has 0 aliphatic carbocycles. The summed E-state index contributed by atoms with van der Waals surface area (Å²) >= 11 is 0. The highest BCUT2D eigenvalue weighted by atomic mass is 16.3. The minimum Gasteiger partial charge on any atom is -0.467 e. The van der Waals surface area contributed by atoms with Gasteiger partial charge in [0.2, 0.25) is 0 Å². The second-order valence-electron chi connectivity index (χ2n) is 3.86. The highest BCUT2D eigenvalue weighted by Gasteiger charge is 2.10. The lowest BCUT2D eigenvalue weighted by Gasteiger charge is -1.99. The predicted molar refractivity (Wildman–Crippen MR) is 65.1 cm³/mol. The summed E-state index contributed by atoms with van der Waals surface area (Å²) in [6, 6.07) is 11.0. The fourth-order valence-electron chi connectivity index (χ4n) is 1.72. The zero-order valence-electron chi connectivity index (χ0n) is 9.54. The van der Waals surface area contributed by atoms with Gasteiger partial charge in [0.25, 0.3) is 5.91 Å². The first kappa shape index (κ1) is 10.6. The quantitative estimate of drug-likeness (QED) is 0.761. The number of fused-ring (bicyclic) bond motifs is 1. The summed E-state index contributed by atoms with van der Waals surface area (Å²) in [5.74, 6) is 0.502. The van der Waals surface area contributed by atoms with Crippen molar-refractivity contribution in [2.24, 2.45) is 0 Å². The van der Waals surface area contributed by atoms with Crippen molar-refractivity contribution in [2.45, 2.75) is 6.54 Å². The normalized spacial score (nSPS) is 10.7. The van der Waals surface area contributed by atoms with Crippen LogP contribution < -0.4 is 5.32 Å². The SMILES string of the molecule is O=C(NCc1ccco1)c1cc2ccccn2n1. The van der Waals surface area contributed by atoms with Crippen LogP contribution in [0.1, 0.15) is 16.2 Å². The fraction of sp³-hybridized carbons (Fsp3) is 0.0769. The first-order valence-electron chi connectivity index (χ1n) is 5.58. The average Bonchev–Trinajstić information content (AvgIpc) is 3.04. The lowest BCUT2D eigenvalue weighted by Crippen LogP contribution is -2.22. The molecular weight excluding hydrogens is 230 g/mol. The molecule has 0 bridgehead atoms. The summed E-state index contributed by atoms with van der Waals surface area (Å²) in [5.41, 5.74) is 1.29. The van der Waals surface area contributed by atoms with Crippen molar-refractivity contribution in [2.75, 3.05) is 0 Å². The number of carbonyl (C=O) groups excluding carboxylic acids is 1. The zero-order valence-corrected chi connectivity index (χ0v) is 9.54. The number of aromatic nitrogens is 2. The minimum absolute atomic E-state index is 0.213. The van der Waals surface area contributed by atoms with Gasteiger partial charge in [-0.2, -0.15) is 5.10 Å². The van der Waals surface area contributed by atoms with Crippen molar-refractivity contribution in [1.82, 2.24) is 14.9 Å². The molecule has 1 N–H and O–H groups in total. The first-order chi connectivity index (χ1) is 8.83. The van der Waals surface area contributed by atoms with Gasteiger partial charge in [0.1, 0.15) is 5.76 Å². The Labute approximate surface area is 103 Å². The number of rotatable bonds is 3. The number of hydrogen-bond donors (Lipinski definition) is 1. The molecule has 18 heavy (non-hydrogen) atoms. The Morgan fingerprint density at radius 3 is 3.06 bits per heavy atom. The van der Waals surface area contributed by atoms with Crippen molar-refractivity contribution in [1.29, 1.82) is 0 Å². The van der Waals surface area contributed by atoms with Crippen LogP contribution in [-0.4, -0.2) is 15.5 Å². The number of nitrogens with zero attached hydrogens (tertiary/aromatic N) is 2. The van der Waals surface area contributed by atoms with Crippen LogP contribution in [0.3, 0.4) is 0 Å². The highest BCUT2D eigenvalue weighted by Crippen LogP contribution is 2.06. The van der Waals surface area contributed by atoms with Crippen LogP contribution >= 0.6 is 0 Å². The van der Waals surface area contributed by atoms with E-state index in [1.807, 2.05) is 24.3 Å². The van der Waals surface area contributed by atoms with E-state index in [9.17, 15) is 4.79 Å². The molecule has 3 heterocycles. The molecule has 1 amide bonds. The molecular formula is C13H11N3O2. The maximum absolute atomic E-state index is 11.9. The molecule has 0 aliphatic heterocycles. The smallest absolute Gasteiger partial charge is 0.272 e. The monoisotopic (exact) mass is 241 g/mol. The average molecular weight is 241 g/mol. The van der Waals surface area contributed by atoms with Gasteiger partial charge in [0.05, 0.1) is 18.3 Å². The van der Waals surface area contributed by atoms with E-state index in [1.54, 1.807) is 29.1 Å². The van der Waals surface area contributed by atoms with Crippen LogP contribution in [0.25, 0.3) is 5.52 Å². The van der Waals surface area contributed by atoms with E-state index in [-0.39, 0.29) is 5.91 Å². The predicted octanol–water partition coefficient (Wildman–Crippen LogP) is 1.86. The summed E-state index contributed by atoms with van der Waals surface area (Å²) < 4.78 is 6.81.